The van der Waals surface area contributed by atoms with Crippen LogP contribution < -0.4 is 10.7 Å². The van der Waals surface area contributed by atoms with E-state index in [1.54, 1.807) is 15.5 Å². The van der Waals surface area contributed by atoms with Crippen molar-refractivity contribution in [3.05, 3.63) is 61.8 Å². The van der Waals surface area contributed by atoms with Crippen molar-refractivity contribution in [2.75, 3.05) is 13.2 Å². The summed E-state index contributed by atoms with van der Waals surface area (Å²) in [6.07, 6.45) is 1.12. The summed E-state index contributed by atoms with van der Waals surface area (Å²) in [7, 11) is 0. The number of aromatic hydroxyl groups is 1. The van der Waals surface area contributed by atoms with E-state index >= 15 is 0 Å². The lowest BCUT2D eigenvalue weighted by Crippen LogP contribution is -2.55. The number of rotatable bonds is 3. The van der Waals surface area contributed by atoms with Crippen molar-refractivity contribution < 1.29 is 23.8 Å². The minimum Gasteiger partial charge on any atom is -0.503 e. The highest BCUT2D eigenvalue weighted by Gasteiger charge is 2.48. The molecular formula is C21H19ClFN3O5. The van der Waals surface area contributed by atoms with Gasteiger partial charge in [-0.05, 0) is 25.3 Å². The smallest absolute Gasteiger partial charge is 0.276 e. The first-order chi connectivity index (χ1) is 14.9. The molecule has 0 radical (unpaired) electrons. The van der Waals surface area contributed by atoms with E-state index in [4.69, 9.17) is 16.3 Å². The van der Waals surface area contributed by atoms with Crippen molar-refractivity contribution in [1.82, 2.24) is 14.8 Å². The number of hydrogen-bond donors (Lipinski definition) is 2. The molecule has 1 fully saturated rings. The summed E-state index contributed by atoms with van der Waals surface area (Å²) in [6.45, 7) is 0.811. The molecule has 5 rings (SSSR count). The Hall–Kier alpha value is -2.91. The number of fused-ring (bicyclic) bond motifs is 2. The molecule has 2 amide bonds. The molecule has 3 aliphatic rings. The third-order valence-corrected chi connectivity index (χ3v) is 6.42. The molecule has 1 aromatic carbocycles. The number of hydrogen-bond acceptors (Lipinski definition) is 5. The largest absolute Gasteiger partial charge is 0.503 e. The van der Waals surface area contributed by atoms with Gasteiger partial charge in [0.2, 0.25) is 5.43 Å². The first-order valence-corrected chi connectivity index (χ1v) is 10.4. The SMILES string of the molecule is O=C(NCc1cccc(Cl)c1F)c1c2n3c(c(O)c1=O)C(=O)N1CCCO[C@H]1[C@H]3CC2. The van der Waals surface area contributed by atoms with E-state index in [1.165, 1.54) is 12.1 Å². The molecule has 0 spiro atoms. The molecule has 3 aliphatic heterocycles. The summed E-state index contributed by atoms with van der Waals surface area (Å²) in [4.78, 5) is 40.3. The minimum absolute atomic E-state index is 0.0739. The Morgan fingerprint density at radius 1 is 1.35 bits per heavy atom. The average Bonchev–Trinajstić information content (AvgIpc) is 3.19. The molecular weight excluding hydrogens is 429 g/mol. The summed E-state index contributed by atoms with van der Waals surface area (Å²) < 4.78 is 21.5. The molecule has 2 atom stereocenters. The fourth-order valence-corrected chi connectivity index (χ4v) is 4.93. The third kappa shape index (κ3) is 2.95. The Morgan fingerprint density at radius 2 is 2.16 bits per heavy atom. The van der Waals surface area contributed by atoms with Crippen LogP contribution in [0.3, 0.4) is 0 Å². The highest BCUT2D eigenvalue weighted by atomic mass is 35.5. The molecule has 0 unspecified atom stereocenters. The summed E-state index contributed by atoms with van der Waals surface area (Å²) in [5, 5.41) is 13.0. The molecule has 2 aromatic rings. The van der Waals surface area contributed by atoms with E-state index in [-0.39, 0.29) is 34.4 Å². The molecule has 31 heavy (non-hydrogen) atoms. The number of carbonyl (C=O) groups excluding carboxylic acids is 2. The van der Waals surface area contributed by atoms with Crippen LogP contribution >= 0.6 is 11.6 Å². The van der Waals surface area contributed by atoms with Gasteiger partial charge in [0.25, 0.3) is 11.8 Å². The van der Waals surface area contributed by atoms with Gasteiger partial charge < -0.3 is 24.6 Å². The van der Waals surface area contributed by atoms with Gasteiger partial charge in [-0.2, -0.15) is 0 Å². The third-order valence-electron chi connectivity index (χ3n) is 6.13. The lowest BCUT2D eigenvalue weighted by atomic mass is 10.1. The number of carbonyl (C=O) groups is 2. The molecule has 1 saturated heterocycles. The molecule has 2 N–H and O–H groups in total. The molecule has 10 heteroatoms. The van der Waals surface area contributed by atoms with Crippen molar-refractivity contribution >= 4 is 23.4 Å². The van der Waals surface area contributed by atoms with E-state index in [0.29, 0.717) is 38.1 Å². The number of halogens is 2. The van der Waals surface area contributed by atoms with Crippen LogP contribution in [-0.4, -0.2) is 45.8 Å². The summed E-state index contributed by atoms with van der Waals surface area (Å²) in [5.74, 6) is -2.63. The number of amides is 2. The van der Waals surface area contributed by atoms with Gasteiger partial charge in [0.1, 0.15) is 11.4 Å². The fourth-order valence-electron chi connectivity index (χ4n) is 4.74. The van der Waals surface area contributed by atoms with E-state index < -0.39 is 35.0 Å². The van der Waals surface area contributed by atoms with Crippen LogP contribution in [0.25, 0.3) is 0 Å². The highest BCUT2D eigenvalue weighted by molar-refractivity contribution is 6.30. The van der Waals surface area contributed by atoms with E-state index in [2.05, 4.69) is 5.32 Å². The van der Waals surface area contributed by atoms with Crippen molar-refractivity contribution in [1.29, 1.82) is 0 Å². The minimum atomic E-state index is -0.907. The molecule has 1 aromatic heterocycles. The summed E-state index contributed by atoms with van der Waals surface area (Å²) in [6, 6.07) is 4.14. The van der Waals surface area contributed by atoms with Crippen LogP contribution in [-0.2, 0) is 17.7 Å². The molecule has 4 heterocycles. The maximum atomic E-state index is 14.1. The van der Waals surface area contributed by atoms with Gasteiger partial charge in [-0.15, -0.1) is 0 Å². The maximum absolute atomic E-state index is 14.1. The first-order valence-electron chi connectivity index (χ1n) is 10.0. The Labute approximate surface area is 181 Å². The first kappa shape index (κ1) is 20.0. The monoisotopic (exact) mass is 447 g/mol. The van der Waals surface area contributed by atoms with Crippen LogP contribution in [0.2, 0.25) is 5.02 Å². The Kier molecular flexibility index (Phi) is 4.75. The van der Waals surface area contributed by atoms with E-state index in [0.717, 1.165) is 0 Å². The topological polar surface area (TPSA) is 101 Å². The number of pyridine rings is 1. The zero-order valence-electron chi connectivity index (χ0n) is 16.4. The number of benzene rings is 1. The molecule has 162 valence electrons. The zero-order valence-corrected chi connectivity index (χ0v) is 17.1. The molecule has 0 bridgehead atoms. The summed E-state index contributed by atoms with van der Waals surface area (Å²) >= 11 is 5.77. The summed E-state index contributed by atoms with van der Waals surface area (Å²) in [5.41, 5.74) is -0.687. The molecule has 0 saturated carbocycles. The Balaban J connectivity index is 1.54. The van der Waals surface area contributed by atoms with Crippen LogP contribution in [0, 0.1) is 5.82 Å². The van der Waals surface area contributed by atoms with Crippen LogP contribution in [0.4, 0.5) is 4.39 Å². The van der Waals surface area contributed by atoms with Crippen molar-refractivity contribution in [3.8, 4) is 5.75 Å². The lowest BCUT2D eigenvalue weighted by Gasteiger charge is -2.44. The van der Waals surface area contributed by atoms with Gasteiger partial charge in [0.15, 0.2) is 17.7 Å². The standard InChI is InChI=1S/C21H19ClFN3O5/c22-11-4-1-3-10(15(11)23)9-24-19(29)14-12-5-6-13-21-25(7-2-8-31-21)20(30)16(26(12)13)18(28)17(14)27/h1,3-4,13,21,28H,2,5-9H2,(H,24,29)/t13-,21+/m1/s1. The Morgan fingerprint density at radius 3 is 2.97 bits per heavy atom. The second-order valence-corrected chi connectivity index (χ2v) is 8.24. The van der Waals surface area contributed by atoms with E-state index in [1.807, 2.05) is 0 Å². The number of nitrogens with zero attached hydrogens (tertiary/aromatic N) is 2. The van der Waals surface area contributed by atoms with Crippen LogP contribution in [0.1, 0.15) is 51.0 Å². The molecule has 0 aliphatic carbocycles. The van der Waals surface area contributed by atoms with Crippen LogP contribution in [0.15, 0.2) is 23.0 Å². The van der Waals surface area contributed by atoms with Crippen molar-refractivity contribution in [3.63, 3.8) is 0 Å². The second kappa shape index (κ2) is 7.35. The average molecular weight is 448 g/mol. The number of aromatic nitrogens is 1. The van der Waals surface area contributed by atoms with Crippen molar-refractivity contribution in [2.24, 2.45) is 0 Å². The van der Waals surface area contributed by atoms with Crippen LogP contribution in [0.5, 0.6) is 5.75 Å². The second-order valence-electron chi connectivity index (χ2n) is 7.83. The van der Waals surface area contributed by atoms with E-state index in [9.17, 15) is 23.9 Å². The van der Waals surface area contributed by atoms with Gasteiger partial charge >= 0.3 is 0 Å². The quantitative estimate of drug-likeness (QED) is 0.749. The number of ether oxygens (including phenoxy) is 1. The van der Waals surface area contributed by atoms with Gasteiger partial charge in [-0.1, -0.05) is 23.7 Å². The van der Waals surface area contributed by atoms with Gasteiger partial charge in [-0.25, -0.2) is 4.39 Å². The molecule has 8 nitrogen and oxygen atoms in total. The lowest BCUT2D eigenvalue weighted by molar-refractivity contribution is -0.109. The van der Waals surface area contributed by atoms with Gasteiger partial charge in [-0.3, -0.25) is 14.4 Å². The Bertz CT molecular complexity index is 1180. The zero-order chi connectivity index (χ0) is 21.9. The predicted molar refractivity (Wildman–Crippen MR) is 108 cm³/mol. The van der Waals surface area contributed by atoms with Gasteiger partial charge in [0.05, 0.1) is 17.7 Å². The fraction of sp³-hybridized carbons (Fsp3) is 0.381. The number of nitrogens with one attached hydrogen (secondary N) is 1. The normalized spacial score (nSPS) is 21.6. The van der Waals surface area contributed by atoms with Gasteiger partial charge in [0, 0.05) is 24.3 Å². The predicted octanol–water partition coefficient (Wildman–Crippen LogP) is 1.97. The highest BCUT2D eigenvalue weighted by Crippen LogP contribution is 2.41. The maximum Gasteiger partial charge on any atom is 0.276 e. The van der Waals surface area contributed by atoms with Crippen molar-refractivity contribution in [2.45, 2.75) is 38.1 Å².